The molecule has 0 aliphatic rings. The fourth-order valence-corrected chi connectivity index (χ4v) is 3.15. The number of nitrogens with zero attached hydrogens (tertiary/aromatic N) is 2. The van der Waals surface area contributed by atoms with Crippen LogP contribution in [0.1, 0.15) is 5.56 Å². The van der Waals surface area contributed by atoms with Crippen molar-refractivity contribution in [3.63, 3.8) is 0 Å². The van der Waals surface area contributed by atoms with Crippen molar-refractivity contribution in [2.24, 2.45) is 0 Å². The zero-order valence-corrected chi connectivity index (χ0v) is 15.1. The van der Waals surface area contributed by atoms with Gasteiger partial charge >= 0.3 is 0 Å². The van der Waals surface area contributed by atoms with Crippen LogP contribution >= 0.6 is 11.6 Å². The summed E-state index contributed by atoms with van der Waals surface area (Å²) in [5, 5.41) is 0.440. The third-order valence-corrected chi connectivity index (χ3v) is 4.43. The fourth-order valence-electron chi connectivity index (χ4n) is 2.96. The van der Waals surface area contributed by atoms with E-state index in [1.54, 1.807) is 0 Å². The molecule has 0 saturated heterocycles. The fraction of sp³-hybridized carbons (Fsp3) is 0.0435. The van der Waals surface area contributed by atoms with Crippen LogP contribution in [0.3, 0.4) is 0 Å². The average Bonchev–Trinajstić information content (AvgIpc) is 2.68. The van der Waals surface area contributed by atoms with Gasteiger partial charge in [-0.05, 0) is 24.1 Å². The van der Waals surface area contributed by atoms with E-state index in [1.807, 2.05) is 48.5 Å². The number of hydrogen-bond acceptors (Lipinski definition) is 2. The van der Waals surface area contributed by atoms with Crippen molar-refractivity contribution in [1.29, 1.82) is 0 Å². The van der Waals surface area contributed by atoms with Gasteiger partial charge in [-0.2, -0.15) is 0 Å². The van der Waals surface area contributed by atoms with Crippen LogP contribution in [0.25, 0.3) is 33.8 Å². The summed E-state index contributed by atoms with van der Waals surface area (Å²) in [5.41, 5.74) is 6.37. The molecule has 3 aromatic carbocycles. The standard InChI is InChI=1S/C23H17ClN2/c1-16-7-5-10-18(13-16)19-11-6-12-20(14-19)21-15-22(24)26-23(25-21)17-8-3-2-4-9-17/h2-15H,1H3. The van der Waals surface area contributed by atoms with Crippen LogP contribution in [0, 0.1) is 6.92 Å². The number of rotatable bonds is 3. The Bertz CT molecular complexity index is 1060. The molecule has 0 saturated carbocycles. The van der Waals surface area contributed by atoms with Gasteiger partial charge in [-0.3, -0.25) is 0 Å². The molecule has 1 aromatic heterocycles. The van der Waals surface area contributed by atoms with E-state index < -0.39 is 0 Å². The highest BCUT2D eigenvalue weighted by Gasteiger charge is 2.09. The van der Waals surface area contributed by atoms with E-state index in [-0.39, 0.29) is 0 Å². The van der Waals surface area contributed by atoms with Gasteiger partial charge in [-0.1, -0.05) is 90.0 Å². The minimum absolute atomic E-state index is 0.440. The second kappa shape index (κ2) is 7.11. The number of aryl methyl sites for hydroxylation is 1. The second-order valence-electron chi connectivity index (χ2n) is 6.22. The summed E-state index contributed by atoms with van der Waals surface area (Å²) < 4.78 is 0. The largest absolute Gasteiger partial charge is 0.228 e. The molecule has 26 heavy (non-hydrogen) atoms. The van der Waals surface area contributed by atoms with Crippen LogP contribution in [0.4, 0.5) is 0 Å². The van der Waals surface area contributed by atoms with Gasteiger partial charge in [0.1, 0.15) is 5.15 Å². The minimum Gasteiger partial charge on any atom is -0.228 e. The van der Waals surface area contributed by atoms with Crippen molar-refractivity contribution < 1.29 is 0 Å². The van der Waals surface area contributed by atoms with Crippen LogP contribution in [0.15, 0.2) is 84.9 Å². The van der Waals surface area contributed by atoms with Gasteiger partial charge in [0.05, 0.1) is 5.69 Å². The molecular weight excluding hydrogens is 340 g/mol. The van der Waals surface area contributed by atoms with E-state index in [1.165, 1.54) is 11.1 Å². The van der Waals surface area contributed by atoms with E-state index in [9.17, 15) is 0 Å². The lowest BCUT2D eigenvalue weighted by Crippen LogP contribution is -1.93. The summed E-state index contributed by atoms with van der Waals surface area (Å²) in [6.45, 7) is 2.10. The Labute approximate surface area is 158 Å². The number of aromatic nitrogens is 2. The van der Waals surface area contributed by atoms with E-state index in [2.05, 4.69) is 48.3 Å². The minimum atomic E-state index is 0.440. The van der Waals surface area contributed by atoms with Gasteiger partial charge < -0.3 is 0 Å². The highest BCUT2D eigenvalue weighted by molar-refractivity contribution is 6.29. The van der Waals surface area contributed by atoms with Crippen molar-refractivity contribution in [3.05, 3.63) is 95.6 Å². The van der Waals surface area contributed by atoms with Crippen molar-refractivity contribution >= 4 is 11.6 Å². The summed E-state index contributed by atoms with van der Waals surface area (Å²) in [7, 11) is 0. The Hall–Kier alpha value is -2.97. The molecule has 0 spiro atoms. The van der Waals surface area contributed by atoms with Gasteiger partial charge in [0, 0.05) is 17.2 Å². The Kier molecular flexibility index (Phi) is 4.51. The van der Waals surface area contributed by atoms with Crippen molar-refractivity contribution in [3.8, 4) is 33.8 Å². The zero-order chi connectivity index (χ0) is 17.9. The van der Waals surface area contributed by atoms with Gasteiger partial charge in [0.2, 0.25) is 0 Å². The Balaban J connectivity index is 1.79. The highest BCUT2D eigenvalue weighted by atomic mass is 35.5. The summed E-state index contributed by atoms with van der Waals surface area (Å²) >= 11 is 6.28. The summed E-state index contributed by atoms with van der Waals surface area (Å²) in [6, 6.07) is 28.5. The van der Waals surface area contributed by atoms with Crippen LogP contribution in [-0.4, -0.2) is 9.97 Å². The molecule has 0 amide bonds. The summed E-state index contributed by atoms with van der Waals surface area (Å²) in [4.78, 5) is 9.11. The second-order valence-corrected chi connectivity index (χ2v) is 6.60. The predicted octanol–water partition coefficient (Wildman–Crippen LogP) is 6.44. The van der Waals surface area contributed by atoms with Gasteiger partial charge in [0.15, 0.2) is 5.82 Å². The maximum absolute atomic E-state index is 6.28. The molecule has 0 atom stereocenters. The zero-order valence-electron chi connectivity index (χ0n) is 14.4. The molecule has 0 N–H and O–H groups in total. The summed E-state index contributed by atoms with van der Waals surface area (Å²) in [6.07, 6.45) is 0. The molecule has 0 unspecified atom stereocenters. The third-order valence-electron chi connectivity index (χ3n) is 4.24. The third kappa shape index (κ3) is 3.51. The first kappa shape index (κ1) is 16.5. The molecule has 0 aliphatic carbocycles. The summed E-state index contributed by atoms with van der Waals surface area (Å²) in [5.74, 6) is 0.633. The van der Waals surface area contributed by atoms with Crippen molar-refractivity contribution in [2.75, 3.05) is 0 Å². The van der Waals surface area contributed by atoms with Crippen LogP contribution in [0.5, 0.6) is 0 Å². The Morgan fingerprint density at radius 2 is 1.27 bits per heavy atom. The molecular formula is C23H17ClN2. The van der Waals surface area contributed by atoms with E-state index in [0.29, 0.717) is 11.0 Å². The lowest BCUT2D eigenvalue weighted by molar-refractivity contribution is 1.18. The molecule has 0 aliphatic heterocycles. The Morgan fingerprint density at radius 1 is 0.615 bits per heavy atom. The first-order chi connectivity index (χ1) is 12.7. The molecule has 126 valence electrons. The molecule has 0 bridgehead atoms. The lowest BCUT2D eigenvalue weighted by Gasteiger charge is -2.08. The smallest absolute Gasteiger partial charge is 0.161 e. The van der Waals surface area contributed by atoms with Crippen molar-refractivity contribution in [1.82, 2.24) is 9.97 Å². The maximum atomic E-state index is 6.28. The lowest BCUT2D eigenvalue weighted by atomic mass is 10.0. The monoisotopic (exact) mass is 356 g/mol. The normalized spacial score (nSPS) is 10.7. The van der Waals surface area contributed by atoms with E-state index >= 15 is 0 Å². The molecule has 4 aromatic rings. The van der Waals surface area contributed by atoms with E-state index in [0.717, 1.165) is 22.4 Å². The first-order valence-corrected chi connectivity index (χ1v) is 8.84. The van der Waals surface area contributed by atoms with Crippen LogP contribution in [0.2, 0.25) is 5.15 Å². The predicted molar refractivity (Wildman–Crippen MR) is 108 cm³/mol. The molecule has 0 fully saturated rings. The van der Waals surface area contributed by atoms with Gasteiger partial charge in [-0.25, -0.2) is 9.97 Å². The highest BCUT2D eigenvalue weighted by Crippen LogP contribution is 2.28. The molecule has 0 radical (unpaired) electrons. The number of benzene rings is 3. The first-order valence-electron chi connectivity index (χ1n) is 8.46. The van der Waals surface area contributed by atoms with Crippen molar-refractivity contribution in [2.45, 2.75) is 6.92 Å². The Morgan fingerprint density at radius 3 is 2.04 bits per heavy atom. The van der Waals surface area contributed by atoms with E-state index in [4.69, 9.17) is 16.6 Å². The molecule has 4 rings (SSSR count). The SMILES string of the molecule is Cc1cccc(-c2cccc(-c3cc(Cl)nc(-c4ccccc4)n3)c2)c1. The molecule has 2 nitrogen and oxygen atoms in total. The topological polar surface area (TPSA) is 25.8 Å². The average molecular weight is 357 g/mol. The van der Waals surface area contributed by atoms with Crippen LogP contribution in [-0.2, 0) is 0 Å². The number of halogens is 1. The molecule has 1 heterocycles. The van der Waals surface area contributed by atoms with Gasteiger partial charge in [-0.15, -0.1) is 0 Å². The quantitative estimate of drug-likeness (QED) is 0.395. The number of hydrogen-bond donors (Lipinski definition) is 0. The van der Waals surface area contributed by atoms with Crippen LogP contribution < -0.4 is 0 Å². The molecule has 3 heteroatoms. The maximum Gasteiger partial charge on any atom is 0.161 e. The van der Waals surface area contributed by atoms with Gasteiger partial charge in [0.25, 0.3) is 0 Å².